The average molecular weight is 394 g/mol. The van der Waals surface area contributed by atoms with Crippen LogP contribution in [0, 0.1) is 11.6 Å². The first-order chi connectivity index (χ1) is 5.41. The maximum Gasteiger partial charge on any atom is 0.131 e. The van der Waals surface area contributed by atoms with Gasteiger partial charge in [0.05, 0.1) is 1.43 Å². The van der Waals surface area contributed by atoms with Gasteiger partial charge < -0.3 is 0 Å². The van der Waals surface area contributed by atoms with Crippen LogP contribution in [-0.2, 0) is 1.43 Å². The van der Waals surface area contributed by atoms with Crippen LogP contribution < -0.4 is 0 Å². The maximum absolute atomic E-state index is 13.1. The Morgan fingerprint density at radius 3 is 2.25 bits per heavy atom. The largest absolute Gasteiger partial charge is 0.207 e. The highest BCUT2D eigenvalue weighted by molar-refractivity contribution is 14.2. The first-order valence-corrected chi connectivity index (χ1v) is 5.40. The van der Waals surface area contributed by atoms with Gasteiger partial charge in [-0.25, -0.2) is 8.78 Å². The van der Waals surface area contributed by atoms with E-state index in [1.165, 1.54) is 12.1 Å². The third-order valence-corrected chi connectivity index (χ3v) is 2.57. The van der Waals surface area contributed by atoms with Crippen molar-refractivity contribution < 1.29 is 8.78 Å². The molecule has 0 aliphatic rings. The first-order valence-electron chi connectivity index (χ1n) is 3.24. The number of benzene rings is 1. The summed E-state index contributed by atoms with van der Waals surface area (Å²) >= 11 is 4.21. The minimum absolute atomic E-state index is 0.326. The molecule has 0 aromatic heterocycles. The summed E-state index contributed by atoms with van der Waals surface area (Å²) in [7, 11) is 0. The van der Waals surface area contributed by atoms with Crippen molar-refractivity contribution in [3.8, 4) is 0 Å². The van der Waals surface area contributed by atoms with Gasteiger partial charge in [-0.1, -0.05) is 51.2 Å². The number of halogens is 4. The van der Waals surface area contributed by atoms with Crippen LogP contribution in [0.3, 0.4) is 0 Å². The van der Waals surface area contributed by atoms with E-state index in [1.54, 1.807) is 0 Å². The fraction of sp³-hybridized carbons (Fsp3) is 0.250. The third-order valence-electron chi connectivity index (χ3n) is 1.40. The van der Waals surface area contributed by atoms with E-state index < -0.39 is 11.6 Å². The van der Waals surface area contributed by atoms with Crippen molar-refractivity contribution in [1.82, 2.24) is 0 Å². The van der Waals surface area contributed by atoms with E-state index in [-0.39, 0.29) is 1.43 Å². The van der Waals surface area contributed by atoms with Gasteiger partial charge in [-0.05, 0) is 13.0 Å². The van der Waals surface area contributed by atoms with Crippen molar-refractivity contribution in [1.29, 1.82) is 0 Å². The molecular weight excluding hydrogens is 388 g/mol. The Bertz CT molecular complexity index is 292. The van der Waals surface area contributed by atoms with Crippen LogP contribution in [0.15, 0.2) is 18.2 Å². The summed E-state index contributed by atoms with van der Waals surface area (Å²) in [6, 6.07) is 3.66. The standard InChI is InChI=1S/C8H6F2I2/c1-8(11,12)6-3-2-5(9)4-7(6)10/h2-4H,1H3. The first kappa shape index (κ1) is 10.6. The number of hydrogen-bond acceptors (Lipinski definition) is 0. The summed E-state index contributed by atoms with van der Waals surface area (Å²) in [5.41, 5.74) is 0.519. The summed E-state index contributed by atoms with van der Waals surface area (Å²) in [5, 5.41) is 0. The lowest BCUT2D eigenvalue weighted by molar-refractivity contribution is 0.573. The number of hydrogen-bond donors (Lipinski definition) is 0. The summed E-state index contributed by atoms with van der Waals surface area (Å²) < 4.78 is 25.3. The Hall–Kier alpha value is 0.540. The van der Waals surface area contributed by atoms with Crippen molar-refractivity contribution in [2.24, 2.45) is 0 Å². The van der Waals surface area contributed by atoms with Crippen LogP contribution in [0.5, 0.6) is 0 Å². The maximum atomic E-state index is 13.1. The molecule has 1 aromatic carbocycles. The Labute approximate surface area is 97.0 Å². The van der Waals surface area contributed by atoms with E-state index in [9.17, 15) is 8.78 Å². The Morgan fingerprint density at radius 2 is 1.83 bits per heavy atom. The van der Waals surface area contributed by atoms with Gasteiger partial charge in [-0.2, -0.15) is 0 Å². The summed E-state index contributed by atoms with van der Waals surface area (Å²) in [6.07, 6.45) is 0. The fourth-order valence-electron chi connectivity index (χ4n) is 0.845. The van der Waals surface area contributed by atoms with Crippen LogP contribution >= 0.6 is 45.2 Å². The lowest BCUT2D eigenvalue weighted by Gasteiger charge is -2.15. The van der Waals surface area contributed by atoms with E-state index in [2.05, 4.69) is 45.2 Å². The topological polar surface area (TPSA) is 0 Å². The van der Waals surface area contributed by atoms with Crippen LogP contribution in [0.25, 0.3) is 0 Å². The molecule has 12 heavy (non-hydrogen) atoms. The van der Waals surface area contributed by atoms with Gasteiger partial charge in [0.1, 0.15) is 11.6 Å². The molecule has 0 saturated carbocycles. The van der Waals surface area contributed by atoms with Gasteiger partial charge in [-0.3, -0.25) is 0 Å². The second kappa shape index (κ2) is 3.73. The molecule has 0 heterocycles. The lowest BCUT2D eigenvalue weighted by atomic mass is 10.1. The summed E-state index contributed by atoms with van der Waals surface area (Å²) in [6.45, 7) is 1.87. The van der Waals surface area contributed by atoms with Crippen molar-refractivity contribution in [3.05, 3.63) is 35.4 Å². The minimum Gasteiger partial charge on any atom is -0.207 e. The number of alkyl halides is 2. The van der Waals surface area contributed by atoms with Gasteiger partial charge in [0, 0.05) is 11.6 Å². The quantitative estimate of drug-likeness (QED) is 0.499. The highest BCUT2D eigenvalue weighted by Crippen LogP contribution is 2.39. The predicted octanol–water partition coefficient (Wildman–Crippen LogP) is 4.01. The highest BCUT2D eigenvalue weighted by Gasteiger charge is 2.22. The van der Waals surface area contributed by atoms with Gasteiger partial charge in [0.2, 0.25) is 0 Å². The molecule has 0 radical (unpaired) electrons. The fourth-order valence-corrected chi connectivity index (χ4v) is 1.72. The summed E-state index contributed by atoms with van der Waals surface area (Å²) in [4.78, 5) is 0. The average Bonchev–Trinajstić information content (AvgIpc) is 1.83. The minimum atomic E-state index is -0.534. The van der Waals surface area contributed by atoms with Gasteiger partial charge >= 0.3 is 0 Å². The van der Waals surface area contributed by atoms with Crippen LogP contribution in [0.2, 0.25) is 0 Å². The Morgan fingerprint density at radius 1 is 1.25 bits per heavy atom. The molecule has 1 aromatic rings. The van der Waals surface area contributed by atoms with Gasteiger partial charge in [-0.15, -0.1) is 0 Å². The second-order valence-corrected chi connectivity index (χ2v) is 8.89. The predicted molar refractivity (Wildman–Crippen MR) is 61.8 cm³/mol. The molecule has 66 valence electrons. The SMILES string of the molecule is CC(I)(I)c1ccc(F)cc1F. The van der Waals surface area contributed by atoms with Gasteiger partial charge in [0.25, 0.3) is 0 Å². The van der Waals surface area contributed by atoms with Gasteiger partial charge in [0.15, 0.2) is 0 Å². The molecule has 4 heteroatoms. The van der Waals surface area contributed by atoms with Crippen LogP contribution in [-0.4, -0.2) is 0 Å². The van der Waals surface area contributed by atoms with Crippen LogP contribution in [0.4, 0.5) is 8.78 Å². The van der Waals surface area contributed by atoms with Crippen molar-refractivity contribution >= 4 is 45.2 Å². The van der Waals surface area contributed by atoms with E-state index in [4.69, 9.17) is 0 Å². The Balaban J connectivity index is 3.19. The molecule has 0 N–H and O–H groups in total. The van der Waals surface area contributed by atoms with E-state index in [1.807, 2.05) is 6.92 Å². The highest BCUT2D eigenvalue weighted by atomic mass is 127. The molecule has 0 bridgehead atoms. The summed E-state index contributed by atoms with van der Waals surface area (Å²) in [5.74, 6) is -1.02. The molecule has 0 aliphatic carbocycles. The molecule has 0 saturated heterocycles. The molecule has 0 spiro atoms. The zero-order chi connectivity index (χ0) is 9.35. The third kappa shape index (κ3) is 2.51. The molecule has 0 atom stereocenters. The second-order valence-electron chi connectivity index (χ2n) is 2.51. The van der Waals surface area contributed by atoms with Crippen LogP contribution in [0.1, 0.15) is 12.5 Å². The molecule has 1 rings (SSSR count). The molecule has 0 nitrogen and oxygen atoms in total. The lowest BCUT2D eigenvalue weighted by Crippen LogP contribution is -2.05. The smallest absolute Gasteiger partial charge is 0.131 e. The molecule has 0 fully saturated rings. The molecular formula is C8H6F2I2. The zero-order valence-electron chi connectivity index (χ0n) is 6.24. The molecule has 0 amide bonds. The van der Waals surface area contributed by atoms with E-state index >= 15 is 0 Å². The zero-order valence-corrected chi connectivity index (χ0v) is 10.6. The normalized spacial score (nSPS) is 11.8. The van der Waals surface area contributed by atoms with Crippen molar-refractivity contribution in [2.75, 3.05) is 0 Å². The van der Waals surface area contributed by atoms with E-state index in [0.717, 1.165) is 6.07 Å². The van der Waals surface area contributed by atoms with E-state index in [0.29, 0.717) is 5.56 Å². The van der Waals surface area contributed by atoms with Crippen molar-refractivity contribution in [3.63, 3.8) is 0 Å². The number of rotatable bonds is 1. The van der Waals surface area contributed by atoms with Crippen molar-refractivity contribution in [2.45, 2.75) is 8.35 Å². The Kier molecular flexibility index (Phi) is 3.30. The molecule has 0 aliphatic heterocycles. The monoisotopic (exact) mass is 394 g/mol. The molecule has 0 unspecified atom stereocenters.